The molecule has 1 aromatic heterocycles. The van der Waals surface area contributed by atoms with Crippen LogP contribution in [0.2, 0.25) is 0 Å². The van der Waals surface area contributed by atoms with Crippen LogP contribution in [0, 0.1) is 0 Å². The topological polar surface area (TPSA) is 57.9 Å². The summed E-state index contributed by atoms with van der Waals surface area (Å²) in [5.41, 5.74) is 8.25. The number of nitrogen functional groups attached to an aromatic ring is 1. The van der Waals surface area contributed by atoms with Crippen LogP contribution >= 0.6 is 0 Å². The van der Waals surface area contributed by atoms with E-state index >= 15 is 0 Å². The average molecular weight is 256 g/mol. The summed E-state index contributed by atoms with van der Waals surface area (Å²) in [7, 11) is 0. The van der Waals surface area contributed by atoms with Gasteiger partial charge in [0.1, 0.15) is 5.82 Å². The van der Waals surface area contributed by atoms with Crippen LogP contribution in [0.4, 0.5) is 5.82 Å². The van der Waals surface area contributed by atoms with Crippen LogP contribution in [-0.4, -0.2) is 28.2 Å². The van der Waals surface area contributed by atoms with Gasteiger partial charge in [0.25, 0.3) is 0 Å². The maximum Gasteiger partial charge on any atom is 0.145 e. The summed E-state index contributed by atoms with van der Waals surface area (Å²) >= 11 is 0. The van der Waals surface area contributed by atoms with Gasteiger partial charge in [-0.1, -0.05) is 30.3 Å². The number of nitrogens with one attached hydrogen (secondary N) is 1. The average Bonchev–Trinajstić information content (AvgIpc) is 2.87. The van der Waals surface area contributed by atoms with E-state index in [0.717, 1.165) is 13.1 Å². The van der Waals surface area contributed by atoms with Crippen LogP contribution in [0.25, 0.3) is 0 Å². The molecule has 4 heteroatoms. The minimum absolute atomic E-state index is 0.530. The van der Waals surface area contributed by atoms with Crippen LogP contribution in [0.3, 0.4) is 0 Å². The zero-order valence-electron chi connectivity index (χ0n) is 11.0. The molecule has 3 N–H and O–H groups in total. The molecule has 0 spiro atoms. The van der Waals surface area contributed by atoms with E-state index in [9.17, 15) is 0 Å². The summed E-state index contributed by atoms with van der Waals surface area (Å²) in [5, 5.41) is 7.09. The van der Waals surface area contributed by atoms with Crippen LogP contribution in [0.5, 0.6) is 0 Å². The fourth-order valence-electron chi connectivity index (χ4n) is 2.86. The summed E-state index contributed by atoms with van der Waals surface area (Å²) in [5.74, 6) is 1.12. The Morgan fingerprint density at radius 1 is 1.32 bits per heavy atom. The van der Waals surface area contributed by atoms with E-state index in [1.165, 1.54) is 30.6 Å². The number of nitrogens with zero attached hydrogens (tertiary/aromatic N) is 2. The van der Waals surface area contributed by atoms with Crippen molar-refractivity contribution in [3.05, 3.63) is 47.7 Å². The number of H-pyrrole nitrogens is 1. The zero-order valence-corrected chi connectivity index (χ0v) is 11.0. The molecule has 1 fully saturated rings. The van der Waals surface area contributed by atoms with E-state index in [-0.39, 0.29) is 0 Å². The first-order chi connectivity index (χ1) is 9.31. The Kier molecular flexibility index (Phi) is 3.51. The molecule has 2 heterocycles. The van der Waals surface area contributed by atoms with E-state index < -0.39 is 0 Å². The third kappa shape index (κ3) is 2.96. The molecule has 1 saturated heterocycles. The number of aromatic amines is 1. The Morgan fingerprint density at radius 3 is 2.89 bits per heavy atom. The van der Waals surface area contributed by atoms with Gasteiger partial charge in [-0.3, -0.25) is 10.00 Å². The molecular formula is C15H20N4. The molecule has 1 aromatic carbocycles. The Hall–Kier alpha value is -1.81. The van der Waals surface area contributed by atoms with Crippen molar-refractivity contribution >= 4 is 5.82 Å². The number of nitrogens with two attached hydrogens (primary N) is 1. The summed E-state index contributed by atoms with van der Waals surface area (Å²) < 4.78 is 0. The van der Waals surface area contributed by atoms with Crippen molar-refractivity contribution in [2.24, 2.45) is 0 Å². The lowest BCUT2D eigenvalue weighted by molar-refractivity contribution is 0.198. The van der Waals surface area contributed by atoms with Crippen molar-refractivity contribution in [2.75, 3.05) is 18.8 Å². The van der Waals surface area contributed by atoms with Gasteiger partial charge in [-0.15, -0.1) is 0 Å². The van der Waals surface area contributed by atoms with Crippen molar-refractivity contribution in [3.8, 4) is 0 Å². The molecule has 1 aliphatic heterocycles. The van der Waals surface area contributed by atoms with Crippen molar-refractivity contribution in [3.63, 3.8) is 0 Å². The first-order valence-electron chi connectivity index (χ1n) is 6.88. The van der Waals surface area contributed by atoms with E-state index in [1.54, 1.807) is 0 Å². The molecule has 1 aliphatic rings. The van der Waals surface area contributed by atoms with E-state index in [0.29, 0.717) is 11.7 Å². The number of aromatic nitrogens is 2. The standard InChI is InChI=1S/C15H20N4/c16-15-9-14(17-18-15)13-7-4-8-19(11-13)10-12-5-2-1-3-6-12/h1-3,5-6,9,13H,4,7-8,10-11H2,(H3,16,17,18). The molecule has 1 unspecified atom stereocenters. The molecule has 100 valence electrons. The second kappa shape index (κ2) is 5.45. The monoisotopic (exact) mass is 256 g/mol. The summed E-state index contributed by atoms with van der Waals surface area (Å²) in [6, 6.07) is 12.6. The predicted molar refractivity (Wildman–Crippen MR) is 76.7 cm³/mol. The predicted octanol–water partition coefficient (Wildman–Crippen LogP) is 2.37. The number of likely N-dealkylation sites (tertiary alicyclic amines) is 1. The van der Waals surface area contributed by atoms with Gasteiger partial charge in [0.2, 0.25) is 0 Å². The number of rotatable bonds is 3. The number of hydrogen-bond donors (Lipinski definition) is 2. The largest absolute Gasteiger partial charge is 0.382 e. The Morgan fingerprint density at radius 2 is 2.16 bits per heavy atom. The second-order valence-corrected chi connectivity index (χ2v) is 5.31. The number of anilines is 1. The van der Waals surface area contributed by atoms with Crippen molar-refractivity contribution in [1.29, 1.82) is 0 Å². The van der Waals surface area contributed by atoms with Gasteiger partial charge < -0.3 is 5.73 Å². The Balaban J connectivity index is 1.65. The Labute approximate surface area is 113 Å². The molecule has 19 heavy (non-hydrogen) atoms. The van der Waals surface area contributed by atoms with E-state index in [4.69, 9.17) is 5.73 Å². The molecule has 3 rings (SSSR count). The van der Waals surface area contributed by atoms with Crippen molar-refractivity contribution in [1.82, 2.24) is 15.1 Å². The first-order valence-corrected chi connectivity index (χ1v) is 6.88. The van der Waals surface area contributed by atoms with Gasteiger partial charge in [-0.25, -0.2) is 0 Å². The second-order valence-electron chi connectivity index (χ2n) is 5.31. The fourth-order valence-corrected chi connectivity index (χ4v) is 2.86. The maximum atomic E-state index is 5.69. The lowest BCUT2D eigenvalue weighted by Gasteiger charge is -2.32. The van der Waals surface area contributed by atoms with E-state index in [1.807, 2.05) is 6.07 Å². The lowest BCUT2D eigenvalue weighted by atomic mass is 9.94. The molecule has 0 aliphatic carbocycles. The highest BCUT2D eigenvalue weighted by atomic mass is 15.2. The third-order valence-electron chi connectivity index (χ3n) is 3.81. The molecule has 0 amide bonds. The molecule has 2 aromatic rings. The molecule has 0 radical (unpaired) electrons. The van der Waals surface area contributed by atoms with Gasteiger partial charge >= 0.3 is 0 Å². The lowest BCUT2D eigenvalue weighted by Crippen LogP contribution is -2.34. The van der Waals surface area contributed by atoms with Crippen LogP contribution in [0.1, 0.15) is 30.0 Å². The first kappa shape index (κ1) is 12.2. The molecule has 4 nitrogen and oxygen atoms in total. The fraction of sp³-hybridized carbons (Fsp3) is 0.400. The van der Waals surface area contributed by atoms with Crippen LogP contribution in [-0.2, 0) is 6.54 Å². The highest BCUT2D eigenvalue weighted by molar-refractivity contribution is 5.30. The third-order valence-corrected chi connectivity index (χ3v) is 3.81. The quantitative estimate of drug-likeness (QED) is 0.886. The van der Waals surface area contributed by atoms with Gasteiger partial charge in [0, 0.05) is 30.8 Å². The van der Waals surface area contributed by atoms with Gasteiger partial charge in [-0.05, 0) is 24.9 Å². The van der Waals surface area contributed by atoms with E-state index in [2.05, 4.69) is 45.4 Å². The van der Waals surface area contributed by atoms with Gasteiger partial charge in [0.05, 0.1) is 0 Å². The summed E-state index contributed by atoms with van der Waals surface area (Å²) in [4.78, 5) is 2.51. The zero-order chi connectivity index (χ0) is 13.1. The van der Waals surface area contributed by atoms with Crippen LogP contribution < -0.4 is 5.73 Å². The number of hydrogen-bond acceptors (Lipinski definition) is 3. The molecular weight excluding hydrogens is 236 g/mol. The number of benzene rings is 1. The van der Waals surface area contributed by atoms with Crippen molar-refractivity contribution < 1.29 is 0 Å². The Bertz CT molecular complexity index is 520. The number of piperidine rings is 1. The van der Waals surface area contributed by atoms with Crippen molar-refractivity contribution in [2.45, 2.75) is 25.3 Å². The molecule has 0 saturated carbocycles. The summed E-state index contributed by atoms with van der Waals surface area (Å²) in [6.07, 6.45) is 2.45. The molecule has 1 atom stereocenters. The summed E-state index contributed by atoms with van der Waals surface area (Å²) in [6.45, 7) is 3.28. The SMILES string of the molecule is Nc1cc(C2CCCN(Cc3ccccc3)C2)[nH]n1. The normalized spacial score (nSPS) is 20.5. The smallest absolute Gasteiger partial charge is 0.145 e. The van der Waals surface area contributed by atoms with Gasteiger partial charge in [-0.2, -0.15) is 5.10 Å². The highest BCUT2D eigenvalue weighted by Crippen LogP contribution is 2.27. The van der Waals surface area contributed by atoms with Gasteiger partial charge in [0.15, 0.2) is 0 Å². The minimum Gasteiger partial charge on any atom is -0.382 e. The highest BCUT2D eigenvalue weighted by Gasteiger charge is 2.22. The minimum atomic E-state index is 0.530. The van der Waals surface area contributed by atoms with Crippen LogP contribution in [0.15, 0.2) is 36.4 Å². The maximum absolute atomic E-state index is 5.69. The molecule has 0 bridgehead atoms.